The van der Waals surface area contributed by atoms with Crippen molar-refractivity contribution in [3.8, 4) is 0 Å². The molecule has 108 valence electrons. The number of likely N-dealkylation sites (tertiary alicyclic amines) is 1. The van der Waals surface area contributed by atoms with E-state index in [9.17, 15) is 9.59 Å². The number of carbonyl (C=O) groups excluding carboxylic acids is 2. The normalized spacial score (nSPS) is 18.9. The summed E-state index contributed by atoms with van der Waals surface area (Å²) in [5.41, 5.74) is 12.5. The van der Waals surface area contributed by atoms with Crippen molar-refractivity contribution in [3.05, 3.63) is 29.8 Å². The predicted molar refractivity (Wildman–Crippen MR) is 76.7 cm³/mol. The zero-order valence-corrected chi connectivity index (χ0v) is 11.3. The van der Waals surface area contributed by atoms with Gasteiger partial charge in [0.1, 0.15) is 0 Å². The summed E-state index contributed by atoms with van der Waals surface area (Å²) in [5.74, 6) is -0.507. The molecule has 6 nitrogen and oxygen atoms in total. The average molecular weight is 276 g/mol. The van der Waals surface area contributed by atoms with Gasteiger partial charge in [-0.3, -0.25) is 14.5 Å². The fourth-order valence-electron chi connectivity index (χ4n) is 2.34. The first kappa shape index (κ1) is 14.5. The molecule has 20 heavy (non-hydrogen) atoms. The number of nitrogens with one attached hydrogen (secondary N) is 1. The van der Waals surface area contributed by atoms with E-state index in [2.05, 4.69) is 5.32 Å². The van der Waals surface area contributed by atoms with Crippen molar-refractivity contribution in [2.75, 3.05) is 25.0 Å². The number of primary amides is 1. The summed E-state index contributed by atoms with van der Waals surface area (Å²) in [6.45, 7) is 2.06. The first-order valence-electron chi connectivity index (χ1n) is 6.69. The van der Waals surface area contributed by atoms with Crippen LogP contribution in [-0.2, 0) is 16.1 Å². The van der Waals surface area contributed by atoms with Crippen LogP contribution >= 0.6 is 0 Å². The average Bonchev–Trinajstić information content (AvgIpc) is 2.88. The molecular weight excluding hydrogens is 256 g/mol. The van der Waals surface area contributed by atoms with Crippen LogP contribution in [-0.4, -0.2) is 36.3 Å². The molecule has 1 aromatic rings. The lowest BCUT2D eigenvalue weighted by Gasteiger charge is -2.15. The van der Waals surface area contributed by atoms with Gasteiger partial charge < -0.3 is 16.8 Å². The van der Waals surface area contributed by atoms with Gasteiger partial charge in [0.05, 0.1) is 12.5 Å². The highest BCUT2D eigenvalue weighted by Gasteiger charge is 2.27. The van der Waals surface area contributed by atoms with Crippen LogP contribution in [0.5, 0.6) is 0 Å². The Morgan fingerprint density at radius 2 is 2.00 bits per heavy atom. The lowest BCUT2D eigenvalue weighted by molar-refractivity contribution is -0.122. The van der Waals surface area contributed by atoms with Gasteiger partial charge in [-0.15, -0.1) is 0 Å². The molecule has 1 aliphatic rings. The molecular formula is C14H20N4O2. The molecule has 1 saturated heterocycles. The van der Waals surface area contributed by atoms with Crippen LogP contribution < -0.4 is 16.8 Å². The standard InChI is InChI=1S/C14H20N4O2/c15-7-10-1-3-12(4-2-10)17-13(19)9-18-6-5-11(8-18)14(16)20/h1-4,11H,5-9,15H2,(H2,16,20)(H,17,19). The number of nitrogens with two attached hydrogens (primary N) is 2. The van der Waals surface area contributed by atoms with E-state index in [0.717, 1.165) is 24.2 Å². The van der Waals surface area contributed by atoms with Crippen LogP contribution in [0, 0.1) is 5.92 Å². The summed E-state index contributed by atoms with van der Waals surface area (Å²) in [4.78, 5) is 24.9. The van der Waals surface area contributed by atoms with Gasteiger partial charge in [-0.25, -0.2) is 0 Å². The van der Waals surface area contributed by atoms with Crippen molar-refractivity contribution >= 4 is 17.5 Å². The van der Waals surface area contributed by atoms with Gasteiger partial charge in [-0.05, 0) is 30.7 Å². The monoisotopic (exact) mass is 276 g/mol. The second-order valence-corrected chi connectivity index (χ2v) is 5.07. The highest BCUT2D eigenvalue weighted by Crippen LogP contribution is 2.15. The first-order chi connectivity index (χ1) is 9.58. The molecule has 1 fully saturated rings. The minimum absolute atomic E-state index is 0.0874. The third-order valence-corrected chi connectivity index (χ3v) is 3.52. The van der Waals surface area contributed by atoms with Crippen LogP contribution in [0.25, 0.3) is 0 Å². The fourth-order valence-corrected chi connectivity index (χ4v) is 2.34. The molecule has 0 radical (unpaired) electrons. The Labute approximate surface area is 118 Å². The number of hydrogen-bond donors (Lipinski definition) is 3. The molecule has 1 aliphatic heterocycles. The van der Waals surface area contributed by atoms with Gasteiger partial charge in [0.15, 0.2) is 0 Å². The number of benzene rings is 1. The minimum atomic E-state index is -0.287. The van der Waals surface area contributed by atoms with E-state index in [-0.39, 0.29) is 24.3 Å². The van der Waals surface area contributed by atoms with Crippen LogP contribution in [0.3, 0.4) is 0 Å². The molecule has 0 saturated carbocycles. The summed E-state index contributed by atoms with van der Waals surface area (Å²) >= 11 is 0. The largest absolute Gasteiger partial charge is 0.369 e. The summed E-state index contributed by atoms with van der Waals surface area (Å²) in [7, 11) is 0. The zero-order valence-electron chi connectivity index (χ0n) is 11.3. The van der Waals surface area contributed by atoms with E-state index in [4.69, 9.17) is 11.5 Å². The molecule has 6 heteroatoms. The van der Waals surface area contributed by atoms with E-state index in [1.807, 2.05) is 29.2 Å². The Bertz CT molecular complexity index is 486. The Balaban J connectivity index is 1.82. The topological polar surface area (TPSA) is 101 Å². The van der Waals surface area contributed by atoms with Crippen molar-refractivity contribution in [2.24, 2.45) is 17.4 Å². The molecule has 0 spiro atoms. The van der Waals surface area contributed by atoms with Crippen molar-refractivity contribution in [1.29, 1.82) is 0 Å². The molecule has 1 atom stereocenters. The molecule has 1 aromatic carbocycles. The number of nitrogens with zero attached hydrogens (tertiary/aromatic N) is 1. The third-order valence-electron chi connectivity index (χ3n) is 3.52. The Morgan fingerprint density at radius 1 is 1.30 bits per heavy atom. The second-order valence-electron chi connectivity index (χ2n) is 5.07. The van der Waals surface area contributed by atoms with E-state index in [1.54, 1.807) is 0 Å². The lowest BCUT2D eigenvalue weighted by atomic mass is 10.1. The third kappa shape index (κ3) is 3.79. The van der Waals surface area contributed by atoms with Gasteiger partial charge in [0, 0.05) is 18.8 Å². The number of rotatable bonds is 5. The van der Waals surface area contributed by atoms with E-state index in [0.29, 0.717) is 13.1 Å². The number of amides is 2. The van der Waals surface area contributed by atoms with Gasteiger partial charge in [-0.2, -0.15) is 0 Å². The molecule has 0 aliphatic carbocycles. The predicted octanol–water partition coefficient (Wildman–Crippen LogP) is -0.109. The van der Waals surface area contributed by atoms with Gasteiger partial charge in [-0.1, -0.05) is 12.1 Å². The van der Waals surface area contributed by atoms with Crippen LogP contribution in [0.4, 0.5) is 5.69 Å². The Kier molecular flexibility index (Phi) is 4.70. The quantitative estimate of drug-likeness (QED) is 0.698. The van der Waals surface area contributed by atoms with Crippen LogP contribution in [0.15, 0.2) is 24.3 Å². The van der Waals surface area contributed by atoms with E-state index < -0.39 is 0 Å². The zero-order chi connectivity index (χ0) is 14.5. The molecule has 0 aromatic heterocycles. The van der Waals surface area contributed by atoms with Crippen molar-refractivity contribution in [2.45, 2.75) is 13.0 Å². The number of hydrogen-bond acceptors (Lipinski definition) is 4. The summed E-state index contributed by atoms with van der Waals surface area (Å²) in [5, 5.41) is 2.83. The summed E-state index contributed by atoms with van der Waals surface area (Å²) in [6.07, 6.45) is 0.730. The highest BCUT2D eigenvalue weighted by atomic mass is 16.2. The van der Waals surface area contributed by atoms with Gasteiger partial charge >= 0.3 is 0 Å². The molecule has 1 unspecified atom stereocenters. The molecule has 1 heterocycles. The maximum atomic E-state index is 11.9. The fraction of sp³-hybridized carbons (Fsp3) is 0.429. The van der Waals surface area contributed by atoms with Gasteiger partial charge in [0.25, 0.3) is 0 Å². The Morgan fingerprint density at radius 3 is 2.55 bits per heavy atom. The molecule has 0 bridgehead atoms. The Hall–Kier alpha value is -1.92. The van der Waals surface area contributed by atoms with Crippen molar-refractivity contribution in [3.63, 3.8) is 0 Å². The van der Waals surface area contributed by atoms with E-state index >= 15 is 0 Å². The summed E-state index contributed by atoms with van der Waals surface area (Å²) in [6, 6.07) is 7.43. The maximum absolute atomic E-state index is 11.9. The SMILES string of the molecule is NCc1ccc(NC(=O)CN2CCC(C(N)=O)C2)cc1. The number of anilines is 1. The first-order valence-corrected chi connectivity index (χ1v) is 6.69. The van der Waals surface area contributed by atoms with Crippen molar-refractivity contribution in [1.82, 2.24) is 4.90 Å². The number of carbonyl (C=O) groups is 2. The molecule has 2 amide bonds. The van der Waals surface area contributed by atoms with Crippen LogP contribution in [0.2, 0.25) is 0 Å². The maximum Gasteiger partial charge on any atom is 0.238 e. The minimum Gasteiger partial charge on any atom is -0.369 e. The summed E-state index contributed by atoms with van der Waals surface area (Å²) < 4.78 is 0. The van der Waals surface area contributed by atoms with Crippen LogP contribution in [0.1, 0.15) is 12.0 Å². The smallest absolute Gasteiger partial charge is 0.238 e. The highest BCUT2D eigenvalue weighted by molar-refractivity contribution is 5.92. The second kappa shape index (κ2) is 6.49. The molecule has 5 N–H and O–H groups in total. The van der Waals surface area contributed by atoms with Crippen molar-refractivity contribution < 1.29 is 9.59 Å². The molecule has 2 rings (SSSR count). The lowest BCUT2D eigenvalue weighted by Crippen LogP contribution is -2.33. The van der Waals surface area contributed by atoms with Gasteiger partial charge in [0.2, 0.25) is 11.8 Å². The van der Waals surface area contributed by atoms with E-state index in [1.165, 1.54) is 0 Å².